The molecule has 172 valence electrons. The van der Waals surface area contributed by atoms with E-state index in [2.05, 4.69) is 10.3 Å². The molecule has 0 unspecified atom stereocenters. The summed E-state index contributed by atoms with van der Waals surface area (Å²) in [5.74, 6) is -0.137. The first-order valence-electron chi connectivity index (χ1n) is 11.4. The van der Waals surface area contributed by atoms with Gasteiger partial charge in [-0.15, -0.1) is 11.3 Å². The summed E-state index contributed by atoms with van der Waals surface area (Å²) in [5, 5.41) is 5.37. The van der Waals surface area contributed by atoms with E-state index in [1.165, 1.54) is 17.8 Å². The Hall–Kier alpha value is -3.19. The molecule has 3 N–H and O–H groups in total. The number of hydrogen-bond donors (Lipinski definition) is 2. The van der Waals surface area contributed by atoms with Crippen LogP contribution in [0.25, 0.3) is 11.3 Å². The third kappa shape index (κ3) is 5.79. The van der Waals surface area contributed by atoms with Crippen molar-refractivity contribution in [1.82, 2.24) is 9.88 Å². The molecule has 0 spiro atoms. The molecule has 0 atom stereocenters. The van der Waals surface area contributed by atoms with Gasteiger partial charge >= 0.3 is 0 Å². The van der Waals surface area contributed by atoms with Gasteiger partial charge in [-0.1, -0.05) is 68.7 Å². The van der Waals surface area contributed by atoms with Crippen LogP contribution in [0.2, 0.25) is 0 Å². The number of rotatable bonds is 7. The van der Waals surface area contributed by atoms with Crippen LogP contribution < -0.4 is 11.1 Å². The van der Waals surface area contributed by atoms with Gasteiger partial charge in [0.05, 0.1) is 5.69 Å². The number of nitrogens with zero attached hydrogens (tertiary/aromatic N) is 2. The molecule has 0 aliphatic heterocycles. The van der Waals surface area contributed by atoms with E-state index in [-0.39, 0.29) is 18.4 Å². The molecule has 2 aromatic carbocycles. The molecule has 4 rings (SSSR count). The zero-order chi connectivity index (χ0) is 23.3. The van der Waals surface area contributed by atoms with Crippen LogP contribution in [0.15, 0.2) is 60.0 Å². The van der Waals surface area contributed by atoms with Gasteiger partial charge in [0.2, 0.25) is 11.8 Å². The van der Waals surface area contributed by atoms with E-state index in [0.29, 0.717) is 17.4 Å². The lowest BCUT2D eigenvalue weighted by Gasteiger charge is -2.37. The number of amides is 2. The maximum atomic E-state index is 13.5. The Morgan fingerprint density at radius 3 is 2.39 bits per heavy atom. The van der Waals surface area contributed by atoms with Crippen LogP contribution in [0.1, 0.15) is 44.6 Å². The number of nitrogens with two attached hydrogens (primary N) is 1. The van der Waals surface area contributed by atoms with Crippen molar-refractivity contribution in [3.05, 3.63) is 65.5 Å². The van der Waals surface area contributed by atoms with Crippen molar-refractivity contribution in [3.8, 4) is 11.3 Å². The normalized spacial score (nSPS) is 15.1. The van der Waals surface area contributed by atoms with Gasteiger partial charge in [-0.2, -0.15) is 0 Å². The lowest BCUT2D eigenvalue weighted by atomic mass is 9.74. The second-order valence-corrected chi connectivity index (χ2v) is 9.85. The highest BCUT2D eigenvalue weighted by atomic mass is 32.1. The minimum Gasteiger partial charge on any atom is -0.375 e. The van der Waals surface area contributed by atoms with Gasteiger partial charge in [0.25, 0.3) is 0 Å². The molecule has 33 heavy (non-hydrogen) atoms. The highest BCUT2D eigenvalue weighted by Crippen LogP contribution is 2.37. The highest BCUT2D eigenvalue weighted by Gasteiger charge is 2.38. The van der Waals surface area contributed by atoms with Gasteiger partial charge in [-0.05, 0) is 30.5 Å². The van der Waals surface area contributed by atoms with E-state index < -0.39 is 5.41 Å². The van der Waals surface area contributed by atoms with Crippen molar-refractivity contribution in [3.63, 3.8) is 0 Å². The Bertz CT molecular complexity index is 1090. The first-order chi connectivity index (χ1) is 15.9. The maximum absolute atomic E-state index is 13.5. The second-order valence-electron chi connectivity index (χ2n) is 8.96. The summed E-state index contributed by atoms with van der Waals surface area (Å²) >= 11 is 1.39. The van der Waals surface area contributed by atoms with E-state index in [9.17, 15) is 9.59 Å². The fourth-order valence-corrected chi connectivity index (χ4v) is 5.02. The molecule has 1 aromatic heterocycles. The Labute approximate surface area is 198 Å². The monoisotopic (exact) mass is 462 g/mol. The van der Waals surface area contributed by atoms with Crippen molar-refractivity contribution >= 4 is 34.0 Å². The molecular weight excluding hydrogens is 432 g/mol. The van der Waals surface area contributed by atoms with Crippen LogP contribution in [-0.2, 0) is 16.1 Å². The quantitative estimate of drug-likeness (QED) is 0.497. The summed E-state index contributed by atoms with van der Waals surface area (Å²) in [6.07, 6.45) is 5.05. The van der Waals surface area contributed by atoms with Gasteiger partial charge in [0.1, 0.15) is 6.54 Å². The standard InChI is InChI=1S/C26H30N4O2S/c1-26(14-6-3-7-15-26)24(32)30(16-19-8-4-2-5-9-19)17-23(31)28-21-12-10-20(11-13-21)22-18-33-25(27)29-22/h2,4-5,8-13,18H,3,6-7,14-17H2,1H3,(H2,27,29)(H,28,31). The number of anilines is 2. The number of thiazole rings is 1. The molecule has 1 fully saturated rings. The largest absolute Gasteiger partial charge is 0.375 e. The summed E-state index contributed by atoms with van der Waals surface area (Å²) in [7, 11) is 0. The molecule has 1 saturated carbocycles. The highest BCUT2D eigenvalue weighted by molar-refractivity contribution is 7.13. The maximum Gasteiger partial charge on any atom is 0.244 e. The van der Waals surface area contributed by atoms with Crippen molar-refractivity contribution in [1.29, 1.82) is 0 Å². The molecule has 1 aliphatic rings. The Balaban J connectivity index is 1.45. The van der Waals surface area contributed by atoms with Crippen molar-refractivity contribution in [2.24, 2.45) is 5.41 Å². The summed E-state index contributed by atoms with van der Waals surface area (Å²) in [5.41, 5.74) is 8.77. The van der Waals surface area contributed by atoms with Gasteiger partial charge in [0, 0.05) is 28.6 Å². The smallest absolute Gasteiger partial charge is 0.244 e. The predicted molar refractivity (Wildman–Crippen MR) is 134 cm³/mol. The second kappa shape index (κ2) is 10.2. The number of hydrogen-bond acceptors (Lipinski definition) is 5. The molecule has 0 radical (unpaired) electrons. The Morgan fingerprint density at radius 2 is 1.76 bits per heavy atom. The molecule has 1 aliphatic carbocycles. The molecular formula is C26H30N4O2S. The first kappa shape index (κ1) is 23.0. The van der Waals surface area contributed by atoms with Crippen LogP contribution in [0.3, 0.4) is 0 Å². The molecule has 0 saturated heterocycles. The number of nitrogens with one attached hydrogen (secondary N) is 1. The molecule has 6 nitrogen and oxygen atoms in total. The lowest BCUT2D eigenvalue weighted by Crippen LogP contribution is -2.46. The number of benzene rings is 2. The van der Waals surface area contributed by atoms with Crippen LogP contribution in [0.5, 0.6) is 0 Å². The number of aromatic nitrogens is 1. The number of carbonyl (C=O) groups is 2. The number of nitrogen functional groups attached to an aromatic ring is 1. The molecule has 7 heteroatoms. The van der Waals surface area contributed by atoms with Gasteiger partial charge < -0.3 is 16.0 Å². The van der Waals surface area contributed by atoms with Gasteiger partial charge in [-0.3, -0.25) is 9.59 Å². The first-order valence-corrected chi connectivity index (χ1v) is 12.3. The third-order valence-corrected chi connectivity index (χ3v) is 6.97. The Kier molecular flexibility index (Phi) is 7.08. The zero-order valence-electron chi connectivity index (χ0n) is 18.9. The van der Waals surface area contributed by atoms with Crippen LogP contribution in [-0.4, -0.2) is 28.2 Å². The van der Waals surface area contributed by atoms with E-state index in [1.54, 1.807) is 4.90 Å². The fraction of sp³-hybridized carbons (Fsp3) is 0.346. The SMILES string of the molecule is CC1(C(=O)N(CC(=O)Nc2ccc(-c3csc(N)n3)cc2)Cc2ccccc2)CCCCC1. The topological polar surface area (TPSA) is 88.3 Å². The van der Waals surface area contributed by atoms with Crippen molar-refractivity contribution < 1.29 is 9.59 Å². The lowest BCUT2D eigenvalue weighted by molar-refractivity contribution is -0.145. The van der Waals surface area contributed by atoms with Gasteiger partial charge in [-0.25, -0.2) is 4.98 Å². The van der Waals surface area contributed by atoms with Crippen LogP contribution in [0.4, 0.5) is 10.8 Å². The van der Waals surface area contributed by atoms with Crippen LogP contribution in [0, 0.1) is 5.41 Å². The van der Waals surface area contributed by atoms with E-state index in [0.717, 1.165) is 42.5 Å². The Morgan fingerprint density at radius 1 is 1.06 bits per heavy atom. The van der Waals surface area contributed by atoms with Crippen molar-refractivity contribution in [2.45, 2.75) is 45.6 Å². The summed E-state index contributed by atoms with van der Waals surface area (Å²) in [6, 6.07) is 17.3. The van der Waals surface area contributed by atoms with Crippen LogP contribution >= 0.6 is 11.3 Å². The average molecular weight is 463 g/mol. The molecule has 3 aromatic rings. The zero-order valence-corrected chi connectivity index (χ0v) is 19.7. The fourth-order valence-electron chi connectivity index (χ4n) is 4.45. The predicted octanol–water partition coefficient (Wildman–Crippen LogP) is 5.33. The molecule has 0 bridgehead atoms. The van der Waals surface area contributed by atoms with E-state index in [1.807, 2.05) is 66.9 Å². The third-order valence-electron chi connectivity index (χ3n) is 6.30. The summed E-state index contributed by atoms with van der Waals surface area (Å²) in [4.78, 5) is 32.5. The summed E-state index contributed by atoms with van der Waals surface area (Å²) in [6.45, 7) is 2.49. The van der Waals surface area contributed by atoms with Crippen molar-refractivity contribution in [2.75, 3.05) is 17.6 Å². The molecule has 1 heterocycles. The average Bonchev–Trinajstić information content (AvgIpc) is 3.26. The van der Waals surface area contributed by atoms with E-state index in [4.69, 9.17) is 5.73 Å². The molecule has 2 amide bonds. The number of carbonyl (C=O) groups excluding carboxylic acids is 2. The summed E-state index contributed by atoms with van der Waals surface area (Å²) < 4.78 is 0. The minimum absolute atomic E-state index is 0.0215. The minimum atomic E-state index is -0.398. The van der Waals surface area contributed by atoms with Gasteiger partial charge in [0.15, 0.2) is 5.13 Å². The van der Waals surface area contributed by atoms with E-state index >= 15 is 0 Å².